The maximum absolute atomic E-state index is 12.7. The van der Waals surface area contributed by atoms with Crippen LogP contribution in [0.3, 0.4) is 0 Å². The van der Waals surface area contributed by atoms with E-state index in [2.05, 4.69) is 24.0 Å². The number of carbonyl (C=O) groups is 1. The summed E-state index contributed by atoms with van der Waals surface area (Å²) in [7, 11) is 1.55. The number of nitrogens with zero attached hydrogens (tertiary/aromatic N) is 2. The Balaban J connectivity index is 1.79. The number of nitriles is 1. The number of rotatable bonds is 8. The quantitative estimate of drug-likeness (QED) is 0.286. The summed E-state index contributed by atoms with van der Waals surface area (Å²) in [6.45, 7) is 3.82. The topological polar surface area (TPSA) is 53.3 Å². The molecule has 0 aromatic heterocycles. The molecule has 0 heterocycles. The Kier molecular flexibility index (Phi) is 7.02. The van der Waals surface area contributed by atoms with Gasteiger partial charge in [-0.3, -0.25) is 4.79 Å². The number of allylic oxidation sites excluding steroid dienone is 1. The number of hydrogen-bond acceptors (Lipinski definition) is 4. The Morgan fingerprint density at radius 3 is 2.40 bits per heavy atom. The fraction of sp³-hybridized carbons (Fsp3) is 0.154. The maximum atomic E-state index is 12.7. The van der Waals surface area contributed by atoms with Gasteiger partial charge >= 0.3 is 0 Å². The van der Waals surface area contributed by atoms with E-state index in [1.165, 1.54) is 5.56 Å². The fourth-order valence-corrected chi connectivity index (χ4v) is 3.21. The molecule has 0 aliphatic heterocycles. The van der Waals surface area contributed by atoms with Crippen LogP contribution < -0.4 is 9.64 Å². The predicted molar refractivity (Wildman–Crippen MR) is 121 cm³/mol. The van der Waals surface area contributed by atoms with E-state index >= 15 is 0 Å². The summed E-state index contributed by atoms with van der Waals surface area (Å²) in [5.41, 5.74) is 3.67. The average molecular weight is 396 g/mol. The van der Waals surface area contributed by atoms with Gasteiger partial charge in [-0.25, -0.2) is 0 Å². The van der Waals surface area contributed by atoms with Crippen LogP contribution in [0.15, 0.2) is 84.4 Å². The van der Waals surface area contributed by atoms with Gasteiger partial charge in [-0.2, -0.15) is 5.26 Å². The number of benzene rings is 3. The van der Waals surface area contributed by atoms with Crippen molar-refractivity contribution in [3.05, 3.63) is 101 Å². The van der Waals surface area contributed by atoms with Gasteiger partial charge in [0.15, 0.2) is 0 Å². The van der Waals surface area contributed by atoms with Crippen LogP contribution in [0.2, 0.25) is 0 Å². The first-order chi connectivity index (χ1) is 14.6. The number of ketones is 1. The van der Waals surface area contributed by atoms with E-state index in [0.717, 1.165) is 24.3 Å². The van der Waals surface area contributed by atoms with Crippen molar-refractivity contribution in [1.82, 2.24) is 0 Å². The number of carbonyl (C=O) groups excluding carboxylic acids is 1. The lowest BCUT2D eigenvalue weighted by Gasteiger charge is -2.23. The zero-order valence-electron chi connectivity index (χ0n) is 17.2. The van der Waals surface area contributed by atoms with E-state index in [9.17, 15) is 10.1 Å². The van der Waals surface area contributed by atoms with Gasteiger partial charge in [0.25, 0.3) is 0 Å². The molecule has 0 atom stereocenters. The molecule has 0 fully saturated rings. The highest BCUT2D eigenvalue weighted by molar-refractivity contribution is 6.14. The number of ether oxygens (including phenoxy) is 1. The zero-order chi connectivity index (χ0) is 21.3. The normalized spacial score (nSPS) is 10.9. The third-order valence-electron chi connectivity index (χ3n) is 4.86. The third-order valence-corrected chi connectivity index (χ3v) is 4.86. The highest BCUT2D eigenvalue weighted by atomic mass is 16.5. The molecule has 0 bridgehead atoms. The highest BCUT2D eigenvalue weighted by Crippen LogP contribution is 2.21. The molecule has 0 amide bonds. The minimum absolute atomic E-state index is 0.0904. The van der Waals surface area contributed by atoms with Gasteiger partial charge in [0.2, 0.25) is 5.78 Å². The van der Waals surface area contributed by atoms with Crippen LogP contribution >= 0.6 is 0 Å². The van der Waals surface area contributed by atoms with E-state index in [1.807, 2.05) is 48.5 Å². The van der Waals surface area contributed by atoms with Crippen LogP contribution in [0.5, 0.6) is 5.75 Å². The molecule has 0 N–H and O–H groups in total. The Morgan fingerprint density at radius 1 is 1.03 bits per heavy atom. The summed E-state index contributed by atoms with van der Waals surface area (Å²) in [6.07, 6.45) is 1.62. The van der Waals surface area contributed by atoms with Crippen LogP contribution in [-0.4, -0.2) is 19.4 Å². The van der Waals surface area contributed by atoms with Gasteiger partial charge in [0.05, 0.1) is 7.11 Å². The first kappa shape index (κ1) is 20.9. The van der Waals surface area contributed by atoms with Crippen molar-refractivity contribution in [1.29, 1.82) is 5.26 Å². The third kappa shape index (κ3) is 5.15. The summed E-state index contributed by atoms with van der Waals surface area (Å²) in [4.78, 5) is 15.0. The summed E-state index contributed by atoms with van der Waals surface area (Å²) >= 11 is 0. The molecular formula is C26H24N2O2. The van der Waals surface area contributed by atoms with Crippen molar-refractivity contribution in [2.45, 2.75) is 13.5 Å². The van der Waals surface area contributed by atoms with Gasteiger partial charge in [0.1, 0.15) is 17.4 Å². The molecule has 4 heteroatoms. The number of Topliss-reactive ketones (excluding diaryl/α,β-unsaturated/α-hetero) is 1. The van der Waals surface area contributed by atoms with Crippen LogP contribution in [0.4, 0.5) is 5.69 Å². The first-order valence-corrected chi connectivity index (χ1v) is 9.84. The molecule has 150 valence electrons. The van der Waals surface area contributed by atoms with E-state index in [-0.39, 0.29) is 11.4 Å². The Labute approximate surface area is 177 Å². The molecule has 0 aliphatic carbocycles. The van der Waals surface area contributed by atoms with Gasteiger partial charge in [-0.05, 0) is 48.4 Å². The number of hydrogen-bond donors (Lipinski definition) is 0. The molecule has 3 aromatic carbocycles. The Bertz CT molecular complexity index is 1060. The monoisotopic (exact) mass is 396 g/mol. The minimum Gasteiger partial charge on any atom is -0.497 e. The molecular weight excluding hydrogens is 372 g/mol. The molecule has 0 aliphatic rings. The second-order valence-electron chi connectivity index (χ2n) is 6.82. The van der Waals surface area contributed by atoms with Crippen molar-refractivity contribution in [2.24, 2.45) is 0 Å². The summed E-state index contributed by atoms with van der Waals surface area (Å²) in [5.74, 6) is 0.264. The Morgan fingerprint density at radius 2 is 1.77 bits per heavy atom. The van der Waals surface area contributed by atoms with E-state index < -0.39 is 0 Å². The van der Waals surface area contributed by atoms with Crippen molar-refractivity contribution in [2.75, 3.05) is 18.6 Å². The molecule has 0 saturated carbocycles. The number of methoxy groups -OCH3 is 1. The molecule has 0 saturated heterocycles. The molecule has 0 unspecified atom stereocenters. The van der Waals surface area contributed by atoms with Gasteiger partial charge < -0.3 is 9.64 Å². The molecule has 0 spiro atoms. The van der Waals surface area contributed by atoms with E-state index in [4.69, 9.17) is 4.74 Å². The van der Waals surface area contributed by atoms with Crippen molar-refractivity contribution in [3.63, 3.8) is 0 Å². The van der Waals surface area contributed by atoms with Crippen molar-refractivity contribution < 1.29 is 9.53 Å². The summed E-state index contributed by atoms with van der Waals surface area (Å²) < 4.78 is 5.17. The van der Waals surface area contributed by atoms with Crippen LogP contribution in [0.1, 0.15) is 28.4 Å². The smallest absolute Gasteiger partial charge is 0.203 e. The average Bonchev–Trinajstić information content (AvgIpc) is 2.81. The molecule has 30 heavy (non-hydrogen) atoms. The van der Waals surface area contributed by atoms with Crippen molar-refractivity contribution >= 4 is 17.5 Å². The van der Waals surface area contributed by atoms with Crippen LogP contribution in [0.25, 0.3) is 6.08 Å². The molecule has 4 nitrogen and oxygen atoms in total. The fourth-order valence-electron chi connectivity index (χ4n) is 3.21. The predicted octanol–water partition coefficient (Wildman–Crippen LogP) is 5.51. The van der Waals surface area contributed by atoms with Crippen molar-refractivity contribution in [3.8, 4) is 11.8 Å². The van der Waals surface area contributed by atoms with Crippen LogP contribution in [-0.2, 0) is 6.54 Å². The van der Waals surface area contributed by atoms with E-state index in [1.54, 1.807) is 37.5 Å². The van der Waals surface area contributed by atoms with Crippen LogP contribution in [0, 0.1) is 11.3 Å². The molecule has 3 rings (SSSR count). The SMILES string of the molecule is CCN(Cc1ccccc1)c1ccc(/C=C(\C#N)C(=O)c2cccc(OC)c2)cc1. The standard InChI is InChI=1S/C26H24N2O2/c1-3-28(19-21-8-5-4-6-9-21)24-14-12-20(13-15-24)16-23(18-27)26(29)22-10-7-11-25(17-22)30-2/h4-17H,3,19H2,1-2H3/b23-16+. The first-order valence-electron chi connectivity index (χ1n) is 9.84. The largest absolute Gasteiger partial charge is 0.497 e. The van der Waals surface area contributed by atoms with Gasteiger partial charge in [-0.15, -0.1) is 0 Å². The van der Waals surface area contributed by atoms with Gasteiger partial charge in [0, 0.05) is 24.3 Å². The highest BCUT2D eigenvalue weighted by Gasteiger charge is 2.13. The zero-order valence-corrected chi connectivity index (χ0v) is 17.2. The lowest BCUT2D eigenvalue weighted by atomic mass is 10.0. The van der Waals surface area contributed by atoms with Gasteiger partial charge in [-0.1, -0.05) is 54.6 Å². The maximum Gasteiger partial charge on any atom is 0.203 e. The lowest BCUT2D eigenvalue weighted by molar-refractivity contribution is 0.103. The molecule has 0 radical (unpaired) electrons. The second-order valence-corrected chi connectivity index (χ2v) is 6.82. The minimum atomic E-state index is -0.320. The Hall–Kier alpha value is -3.84. The summed E-state index contributed by atoms with van der Waals surface area (Å²) in [5, 5.41) is 9.51. The number of anilines is 1. The lowest BCUT2D eigenvalue weighted by Crippen LogP contribution is -2.21. The second kappa shape index (κ2) is 10.1. The molecule has 3 aromatic rings. The summed E-state index contributed by atoms with van der Waals surface area (Å²) in [6, 6.07) is 27.1. The van der Waals surface area contributed by atoms with E-state index in [0.29, 0.717) is 11.3 Å².